The third kappa shape index (κ3) is 3.93. The largest absolute Gasteiger partial charge is 0.489 e. The van der Waals surface area contributed by atoms with Crippen molar-refractivity contribution >= 4 is 29.2 Å². The van der Waals surface area contributed by atoms with Gasteiger partial charge in [0.25, 0.3) is 5.91 Å². The van der Waals surface area contributed by atoms with E-state index in [9.17, 15) is 9.59 Å². The number of benzene rings is 2. The zero-order valence-corrected chi connectivity index (χ0v) is 16.5. The van der Waals surface area contributed by atoms with Gasteiger partial charge >= 0.3 is 5.97 Å². The number of carbonyl (C=O) groups excluding carboxylic acids is 2. The summed E-state index contributed by atoms with van der Waals surface area (Å²) in [6, 6.07) is 10.7. The van der Waals surface area contributed by atoms with Crippen molar-refractivity contribution in [3.63, 3.8) is 0 Å². The van der Waals surface area contributed by atoms with Gasteiger partial charge in [-0.05, 0) is 23.8 Å². The van der Waals surface area contributed by atoms with Crippen molar-refractivity contribution in [2.75, 3.05) is 19.8 Å². The van der Waals surface area contributed by atoms with Gasteiger partial charge in [-0.2, -0.15) is 0 Å². The summed E-state index contributed by atoms with van der Waals surface area (Å²) in [7, 11) is 0. The van der Waals surface area contributed by atoms with Crippen LogP contribution < -0.4 is 9.47 Å². The van der Waals surface area contributed by atoms with Gasteiger partial charge < -0.3 is 19.1 Å². The quantitative estimate of drug-likeness (QED) is 0.691. The van der Waals surface area contributed by atoms with Crippen LogP contribution in [-0.2, 0) is 16.1 Å². The van der Waals surface area contributed by atoms with Crippen LogP contribution in [0.1, 0.15) is 34.3 Å². The van der Waals surface area contributed by atoms with E-state index < -0.39 is 5.97 Å². The third-order valence-corrected chi connectivity index (χ3v) is 5.12. The molecule has 0 aromatic heterocycles. The van der Waals surface area contributed by atoms with E-state index >= 15 is 0 Å². The molecule has 0 N–H and O–H groups in total. The molecule has 0 saturated carbocycles. The molecular weight excluding hydrogens is 394 g/mol. The normalized spacial score (nSPS) is 15.1. The Morgan fingerprint density at radius 1 is 1.17 bits per heavy atom. The number of halogens is 1. The zero-order chi connectivity index (χ0) is 20.4. The summed E-state index contributed by atoms with van der Waals surface area (Å²) in [6.07, 6.45) is 0.844. The standard InChI is InChI=1S/C22H20ClNO5/c1-14-16-5-2-3-6-17(16)22(26)24(14)8-7-20(25)29-13-15-11-18(23)21-19(12-15)27-9-4-10-28-21/h2-3,5-6,11-12H,1,4,7-10,13H2. The predicted molar refractivity (Wildman–Crippen MR) is 108 cm³/mol. The van der Waals surface area contributed by atoms with E-state index in [0.29, 0.717) is 46.6 Å². The summed E-state index contributed by atoms with van der Waals surface area (Å²) >= 11 is 6.26. The number of esters is 1. The minimum atomic E-state index is -0.412. The first-order valence-electron chi connectivity index (χ1n) is 9.38. The summed E-state index contributed by atoms with van der Waals surface area (Å²) in [6.45, 7) is 5.34. The van der Waals surface area contributed by atoms with Gasteiger partial charge in [0.2, 0.25) is 0 Å². The van der Waals surface area contributed by atoms with Gasteiger partial charge in [0.05, 0.1) is 24.7 Å². The topological polar surface area (TPSA) is 65.1 Å². The van der Waals surface area contributed by atoms with E-state index in [-0.39, 0.29) is 25.5 Å². The maximum Gasteiger partial charge on any atom is 0.307 e. The van der Waals surface area contributed by atoms with Crippen molar-refractivity contribution in [2.24, 2.45) is 0 Å². The van der Waals surface area contributed by atoms with Crippen LogP contribution in [0, 0.1) is 0 Å². The minimum absolute atomic E-state index is 0.0598. The number of nitrogens with zero attached hydrogens (tertiary/aromatic N) is 1. The summed E-state index contributed by atoms with van der Waals surface area (Å²) < 4.78 is 16.6. The molecule has 150 valence electrons. The van der Waals surface area contributed by atoms with Gasteiger partial charge in [0.15, 0.2) is 11.5 Å². The second kappa shape index (κ2) is 8.17. The van der Waals surface area contributed by atoms with Crippen molar-refractivity contribution < 1.29 is 23.8 Å². The SMILES string of the molecule is C=C1c2ccccc2C(=O)N1CCC(=O)OCc1cc(Cl)c2c(c1)OCCCO2. The van der Waals surface area contributed by atoms with Gasteiger partial charge in [-0.15, -0.1) is 0 Å². The lowest BCUT2D eigenvalue weighted by molar-refractivity contribution is -0.145. The minimum Gasteiger partial charge on any atom is -0.489 e. The van der Waals surface area contributed by atoms with Crippen LogP contribution in [0.4, 0.5) is 0 Å². The second-order valence-corrected chi connectivity index (χ2v) is 7.22. The van der Waals surface area contributed by atoms with Crippen molar-refractivity contribution in [3.8, 4) is 11.5 Å². The molecule has 2 aromatic rings. The Morgan fingerprint density at radius 2 is 1.93 bits per heavy atom. The van der Waals surface area contributed by atoms with Gasteiger partial charge in [-0.25, -0.2) is 0 Å². The zero-order valence-electron chi connectivity index (χ0n) is 15.8. The van der Waals surface area contributed by atoms with Crippen molar-refractivity contribution in [3.05, 3.63) is 64.7 Å². The lowest BCUT2D eigenvalue weighted by Gasteiger charge is -2.17. The lowest BCUT2D eigenvalue weighted by atomic mass is 10.1. The molecule has 0 unspecified atom stereocenters. The Hall–Kier alpha value is -2.99. The molecule has 0 atom stereocenters. The maximum absolute atomic E-state index is 12.5. The first-order valence-corrected chi connectivity index (χ1v) is 9.76. The predicted octanol–water partition coefficient (Wildman–Crippen LogP) is 4.06. The molecule has 2 heterocycles. The third-order valence-electron chi connectivity index (χ3n) is 4.84. The van der Waals surface area contributed by atoms with Crippen LogP contribution in [-0.4, -0.2) is 36.5 Å². The highest BCUT2D eigenvalue weighted by Gasteiger charge is 2.30. The average Bonchev–Trinajstić information content (AvgIpc) is 2.88. The Balaban J connectivity index is 1.33. The fraction of sp³-hybridized carbons (Fsp3) is 0.273. The van der Waals surface area contributed by atoms with Crippen molar-refractivity contribution in [1.82, 2.24) is 4.90 Å². The Labute approximate surface area is 173 Å². The van der Waals surface area contributed by atoms with Crippen molar-refractivity contribution in [2.45, 2.75) is 19.4 Å². The molecular formula is C22H20ClNO5. The number of fused-ring (bicyclic) bond motifs is 2. The fourth-order valence-corrected chi connectivity index (χ4v) is 3.67. The first kappa shape index (κ1) is 19.3. The van der Waals surface area contributed by atoms with E-state index in [1.54, 1.807) is 18.2 Å². The van der Waals surface area contributed by atoms with Crippen LogP contribution in [0.25, 0.3) is 5.70 Å². The van der Waals surface area contributed by atoms with Crippen LogP contribution in [0.3, 0.4) is 0 Å². The number of ether oxygens (including phenoxy) is 3. The number of amides is 1. The van der Waals surface area contributed by atoms with Crippen LogP contribution in [0.5, 0.6) is 11.5 Å². The highest BCUT2D eigenvalue weighted by Crippen LogP contribution is 2.38. The Bertz CT molecular complexity index is 952. The Morgan fingerprint density at radius 3 is 2.72 bits per heavy atom. The van der Waals surface area contributed by atoms with E-state index in [0.717, 1.165) is 12.0 Å². The summed E-state index contributed by atoms with van der Waals surface area (Å²) in [5.74, 6) is 0.514. The van der Waals surface area contributed by atoms with Gasteiger partial charge in [0.1, 0.15) is 6.61 Å². The monoisotopic (exact) mass is 413 g/mol. The van der Waals surface area contributed by atoms with Gasteiger partial charge in [-0.1, -0.05) is 36.4 Å². The first-order chi connectivity index (χ1) is 14.0. The average molecular weight is 414 g/mol. The smallest absolute Gasteiger partial charge is 0.307 e. The molecule has 2 aromatic carbocycles. The summed E-state index contributed by atoms with van der Waals surface area (Å²) in [5.41, 5.74) is 2.72. The molecule has 1 amide bonds. The number of rotatable bonds is 5. The highest BCUT2D eigenvalue weighted by atomic mass is 35.5. The van der Waals surface area contributed by atoms with E-state index in [2.05, 4.69) is 6.58 Å². The molecule has 0 saturated heterocycles. The molecule has 6 nitrogen and oxygen atoms in total. The van der Waals surface area contributed by atoms with Gasteiger partial charge in [-0.3, -0.25) is 9.59 Å². The molecule has 2 aliphatic rings. The molecule has 0 fully saturated rings. The van der Waals surface area contributed by atoms with Crippen LogP contribution in [0.2, 0.25) is 5.02 Å². The molecule has 0 aliphatic carbocycles. The number of hydrogen-bond acceptors (Lipinski definition) is 5. The molecule has 0 bridgehead atoms. The fourth-order valence-electron chi connectivity index (χ4n) is 3.38. The molecule has 0 spiro atoms. The van der Waals surface area contributed by atoms with E-state index in [1.165, 1.54) is 4.90 Å². The second-order valence-electron chi connectivity index (χ2n) is 6.82. The number of carbonyl (C=O) groups is 2. The van der Waals surface area contributed by atoms with Crippen LogP contribution >= 0.6 is 11.6 Å². The molecule has 7 heteroatoms. The highest BCUT2D eigenvalue weighted by molar-refractivity contribution is 6.32. The molecule has 0 radical (unpaired) electrons. The Kier molecular flexibility index (Phi) is 5.45. The molecule has 4 rings (SSSR count). The number of hydrogen-bond donors (Lipinski definition) is 0. The lowest BCUT2D eigenvalue weighted by Crippen LogP contribution is -2.26. The van der Waals surface area contributed by atoms with Crippen LogP contribution in [0.15, 0.2) is 43.0 Å². The maximum atomic E-state index is 12.5. The van der Waals surface area contributed by atoms with Gasteiger partial charge in [0, 0.05) is 29.8 Å². The van der Waals surface area contributed by atoms with E-state index in [1.807, 2.05) is 18.2 Å². The molecule has 2 aliphatic heterocycles. The summed E-state index contributed by atoms with van der Waals surface area (Å²) in [4.78, 5) is 26.2. The van der Waals surface area contributed by atoms with E-state index in [4.69, 9.17) is 25.8 Å². The summed E-state index contributed by atoms with van der Waals surface area (Å²) in [5, 5.41) is 0.423. The van der Waals surface area contributed by atoms with Crippen molar-refractivity contribution in [1.29, 1.82) is 0 Å². The molecule has 29 heavy (non-hydrogen) atoms.